The number of rotatable bonds is 2. The molecule has 0 bridgehead atoms. The van der Waals surface area contributed by atoms with Gasteiger partial charge in [-0.05, 0) is 19.1 Å². The van der Waals surface area contributed by atoms with Crippen molar-refractivity contribution in [3.8, 4) is 5.69 Å². The monoisotopic (exact) mass is 203 g/mol. The van der Waals surface area contributed by atoms with Crippen molar-refractivity contribution in [2.24, 2.45) is 0 Å². The van der Waals surface area contributed by atoms with Crippen LogP contribution < -0.4 is 0 Å². The van der Waals surface area contributed by atoms with E-state index >= 15 is 0 Å². The first-order valence-corrected chi connectivity index (χ1v) is 4.37. The first kappa shape index (κ1) is 9.39. The van der Waals surface area contributed by atoms with Crippen LogP contribution in [0.25, 0.3) is 5.69 Å². The lowest BCUT2D eigenvalue weighted by Crippen LogP contribution is -2.05. The van der Waals surface area contributed by atoms with Gasteiger partial charge >= 0.3 is 5.97 Å². The molecule has 0 radical (unpaired) electrons. The summed E-state index contributed by atoms with van der Waals surface area (Å²) in [7, 11) is 0. The molecule has 0 fully saturated rings. The summed E-state index contributed by atoms with van der Waals surface area (Å²) in [6.07, 6.45) is 4.42. The number of hydrogen-bond acceptors (Lipinski definition) is 3. The van der Waals surface area contributed by atoms with Gasteiger partial charge in [-0.25, -0.2) is 9.78 Å². The minimum atomic E-state index is -0.998. The number of carboxylic acid groups (broad SMARTS) is 1. The Morgan fingerprint density at radius 2 is 2.33 bits per heavy atom. The van der Waals surface area contributed by atoms with E-state index in [1.807, 2.05) is 6.92 Å². The van der Waals surface area contributed by atoms with Crippen LogP contribution in [0, 0.1) is 6.92 Å². The van der Waals surface area contributed by atoms with Crippen LogP contribution in [0.3, 0.4) is 0 Å². The molecule has 0 aliphatic heterocycles. The van der Waals surface area contributed by atoms with Crippen LogP contribution >= 0.6 is 0 Å². The highest BCUT2D eigenvalue weighted by molar-refractivity contribution is 5.86. The normalized spacial score (nSPS) is 10.2. The highest BCUT2D eigenvalue weighted by Crippen LogP contribution is 2.11. The molecule has 0 atom stereocenters. The molecule has 76 valence electrons. The summed E-state index contributed by atoms with van der Waals surface area (Å²) in [4.78, 5) is 18.7. The molecule has 0 saturated carbocycles. The highest BCUT2D eigenvalue weighted by atomic mass is 16.4. The lowest BCUT2D eigenvalue weighted by atomic mass is 10.3. The van der Waals surface area contributed by atoms with Crippen LogP contribution in [-0.4, -0.2) is 25.6 Å². The Balaban J connectivity index is 2.54. The van der Waals surface area contributed by atoms with Crippen molar-refractivity contribution in [1.82, 2.24) is 14.5 Å². The number of nitrogens with zero attached hydrogens (tertiary/aromatic N) is 3. The quantitative estimate of drug-likeness (QED) is 0.798. The molecule has 15 heavy (non-hydrogen) atoms. The Labute approximate surface area is 86.0 Å². The highest BCUT2D eigenvalue weighted by Gasteiger charge is 2.10. The number of hydrogen-bond donors (Lipinski definition) is 1. The van der Waals surface area contributed by atoms with Crippen molar-refractivity contribution in [1.29, 1.82) is 0 Å². The van der Waals surface area contributed by atoms with E-state index in [4.69, 9.17) is 5.11 Å². The maximum Gasteiger partial charge on any atom is 0.354 e. The fraction of sp³-hybridized carbons (Fsp3) is 0.100. The molecule has 2 rings (SSSR count). The lowest BCUT2D eigenvalue weighted by Gasteiger charge is -2.04. The van der Waals surface area contributed by atoms with E-state index < -0.39 is 5.97 Å². The van der Waals surface area contributed by atoms with E-state index in [1.165, 1.54) is 17.1 Å². The predicted molar refractivity (Wildman–Crippen MR) is 53.1 cm³/mol. The van der Waals surface area contributed by atoms with Gasteiger partial charge in [0, 0.05) is 11.9 Å². The molecule has 0 aromatic carbocycles. The Kier molecular flexibility index (Phi) is 2.21. The molecule has 2 aromatic rings. The molecule has 0 unspecified atom stereocenters. The van der Waals surface area contributed by atoms with E-state index in [2.05, 4.69) is 9.97 Å². The minimum Gasteiger partial charge on any atom is -0.477 e. The van der Waals surface area contributed by atoms with Crippen molar-refractivity contribution in [2.75, 3.05) is 0 Å². The second kappa shape index (κ2) is 3.53. The average molecular weight is 203 g/mol. The Bertz CT molecular complexity index is 505. The van der Waals surface area contributed by atoms with Gasteiger partial charge in [-0.1, -0.05) is 0 Å². The van der Waals surface area contributed by atoms with Crippen LogP contribution in [-0.2, 0) is 0 Å². The Morgan fingerprint density at radius 1 is 1.53 bits per heavy atom. The van der Waals surface area contributed by atoms with Gasteiger partial charge in [0.05, 0.1) is 18.2 Å². The standard InChI is InChI=1S/C10H9N3O2/c1-7-4-8(2-3-12-7)13-6-11-5-9(13)10(14)15/h2-6H,1H3,(H,14,15). The lowest BCUT2D eigenvalue weighted by molar-refractivity contribution is 0.0688. The Hall–Kier alpha value is -2.17. The average Bonchev–Trinajstić information content (AvgIpc) is 2.65. The van der Waals surface area contributed by atoms with E-state index in [0.29, 0.717) is 0 Å². The molecule has 2 aromatic heterocycles. The number of carboxylic acids is 1. The number of aryl methyl sites for hydroxylation is 1. The summed E-state index contributed by atoms with van der Waals surface area (Å²) in [5, 5.41) is 8.91. The van der Waals surface area contributed by atoms with Crippen molar-refractivity contribution >= 4 is 5.97 Å². The van der Waals surface area contributed by atoms with Crippen molar-refractivity contribution < 1.29 is 9.90 Å². The summed E-state index contributed by atoms with van der Waals surface area (Å²) in [5.74, 6) is -0.998. The summed E-state index contributed by atoms with van der Waals surface area (Å²) < 4.78 is 1.51. The number of imidazole rings is 1. The molecule has 1 N–H and O–H groups in total. The third kappa shape index (κ3) is 1.71. The molecule has 5 heteroatoms. The van der Waals surface area contributed by atoms with Gasteiger partial charge < -0.3 is 5.11 Å². The first-order valence-electron chi connectivity index (χ1n) is 4.37. The second-order valence-corrected chi connectivity index (χ2v) is 3.11. The van der Waals surface area contributed by atoms with E-state index in [9.17, 15) is 4.79 Å². The molecular formula is C10H9N3O2. The van der Waals surface area contributed by atoms with Crippen LogP contribution in [0.15, 0.2) is 30.9 Å². The van der Waals surface area contributed by atoms with Gasteiger partial charge in [0.2, 0.25) is 0 Å². The zero-order valence-electron chi connectivity index (χ0n) is 8.08. The van der Waals surface area contributed by atoms with Gasteiger partial charge in [-0.2, -0.15) is 0 Å². The summed E-state index contributed by atoms with van der Waals surface area (Å²) in [6.45, 7) is 1.85. The zero-order chi connectivity index (χ0) is 10.8. The molecular weight excluding hydrogens is 194 g/mol. The summed E-state index contributed by atoms with van der Waals surface area (Å²) >= 11 is 0. The van der Waals surface area contributed by atoms with Gasteiger partial charge in [0.15, 0.2) is 5.69 Å². The van der Waals surface area contributed by atoms with Crippen LogP contribution in [0.4, 0.5) is 0 Å². The maximum absolute atomic E-state index is 10.9. The largest absolute Gasteiger partial charge is 0.477 e. The molecule has 0 aliphatic rings. The first-order chi connectivity index (χ1) is 7.18. The SMILES string of the molecule is Cc1cc(-n2cncc2C(=O)O)ccn1. The van der Waals surface area contributed by atoms with Crippen molar-refractivity contribution in [2.45, 2.75) is 6.92 Å². The van der Waals surface area contributed by atoms with Crippen molar-refractivity contribution in [3.05, 3.63) is 42.2 Å². The summed E-state index contributed by atoms with van der Waals surface area (Å²) in [5.41, 5.74) is 1.72. The minimum absolute atomic E-state index is 0.139. The molecule has 0 aliphatic carbocycles. The maximum atomic E-state index is 10.9. The number of aromatic carboxylic acids is 1. The van der Waals surface area contributed by atoms with Crippen LogP contribution in [0.2, 0.25) is 0 Å². The van der Waals surface area contributed by atoms with E-state index in [0.717, 1.165) is 11.4 Å². The number of pyridine rings is 1. The van der Waals surface area contributed by atoms with Gasteiger partial charge in [0.1, 0.15) is 0 Å². The number of carbonyl (C=O) groups is 1. The zero-order valence-corrected chi connectivity index (χ0v) is 8.08. The van der Waals surface area contributed by atoms with Crippen LogP contribution in [0.1, 0.15) is 16.2 Å². The topological polar surface area (TPSA) is 68.0 Å². The Morgan fingerprint density at radius 3 is 3.00 bits per heavy atom. The third-order valence-corrected chi connectivity index (χ3v) is 2.02. The fourth-order valence-electron chi connectivity index (χ4n) is 1.34. The van der Waals surface area contributed by atoms with Crippen LogP contribution in [0.5, 0.6) is 0 Å². The molecule has 2 heterocycles. The smallest absolute Gasteiger partial charge is 0.354 e. The predicted octanol–water partition coefficient (Wildman–Crippen LogP) is 1.27. The molecule has 0 amide bonds. The number of aromatic nitrogens is 3. The third-order valence-electron chi connectivity index (χ3n) is 2.02. The van der Waals surface area contributed by atoms with Gasteiger partial charge in [0.25, 0.3) is 0 Å². The summed E-state index contributed by atoms with van der Waals surface area (Å²) in [6, 6.07) is 3.54. The van der Waals surface area contributed by atoms with E-state index in [-0.39, 0.29) is 5.69 Å². The van der Waals surface area contributed by atoms with Gasteiger partial charge in [-0.3, -0.25) is 9.55 Å². The fourth-order valence-corrected chi connectivity index (χ4v) is 1.34. The molecule has 5 nitrogen and oxygen atoms in total. The van der Waals surface area contributed by atoms with Gasteiger partial charge in [-0.15, -0.1) is 0 Å². The second-order valence-electron chi connectivity index (χ2n) is 3.11. The van der Waals surface area contributed by atoms with E-state index in [1.54, 1.807) is 18.3 Å². The van der Waals surface area contributed by atoms with Crippen molar-refractivity contribution in [3.63, 3.8) is 0 Å². The molecule has 0 saturated heterocycles. The molecule has 0 spiro atoms.